The summed E-state index contributed by atoms with van der Waals surface area (Å²) < 4.78 is 0. The highest BCUT2D eigenvalue weighted by atomic mass is 35.5. The SMILES string of the molecule is CC(=O)NN1C(=S)N(Cc2ccccc2)C(=O)C1CC(=O)Nc1ccc(Cl)cc1. The molecule has 1 atom stereocenters. The minimum Gasteiger partial charge on any atom is -0.326 e. The van der Waals surface area contributed by atoms with Crippen molar-refractivity contribution in [3.05, 3.63) is 65.2 Å². The lowest BCUT2D eigenvalue weighted by atomic mass is 10.1. The number of halogens is 1. The number of rotatable bonds is 6. The number of nitrogens with one attached hydrogen (secondary N) is 2. The number of nitrogens with zero attached hydrogens (tertiary/aromatic N) is 2. The quantitative estimate of drug-likeness (QED) is 0.688. The van der Waals surface area contributed by atoms with Crippen molar-refractivity contribution in [2.75, 3.05) is 5.32 Å². The fourth-order valence-electron chi connectivity index (χ4n) is 2.95. The minimum absolute atomic E-state index is 0.151. The summed E-state index contributed by atoms with van der Waals surface area (Å²) in [6.07, 6.45) is -0.173. The van der Waals surface area contributed by atoms with Crippen LogP contribution in [0.1, 0.15) is 18.9 Å². The summed E-state index contributed by atoms with van der Waals surface area (Å²) in [6, 6.07) is 15.0. The van der Waals surface area contributed by atoms with Crippen LogP contribution in [0.2, 0.25) is 5.02 Å². The molecule has 1 saturated heterocycles. The Labute approximate surface area is 178 Å². The van der Waals surface area contributed by atoms with Gasteiger partial charge in [-0.3, -0.25) is 24.7 Å². The zero-order valence-electron chi connectivity index (χ0n) is 15.6. The largest absolute Gasteiger partial charge is 0.326 e. The third kappa shape index (κ3) is 5.10. The van der Waals surface area contributed by atoms with Crippen LogP contribution in [0.25, 0.3) is 0 Å². The van der Waals surface area contributed by atoms with Crippen molar-refractivity contribution in [3.8, 4) is 0 Å². The first-order valence-corrected chi connectivity index (χ1v) is 9.65. The van der Waals surface area contributed by atoms with E-state index in [-0.39, 0.29) is 35.8 Å². The van der Waals surface area contributed by atoms with Crippen molar-refractivity contribution in [3.63, 3.8) is 0 Å². The minimum atomic E-state index is -0.928. The average Bonchev–Trinajstić information content (AvgIpc) is 2.89. The Bertz CT molecular complexity index is 937. The molecule has 0 bridgehead atoms. The van der Waals surface area contributed by atoms with Gasteiger partial charge in [-0.1, -0.05) is 41.9 Å². The Morgan fingerprint density at radius 1 is 1.10 bits per heavy atom. The predicted molar refractivity (Wildman–Crippen MR) is 114 cm³/mol. The molecule has 29 heavy (non-hydrogen) atoms. The first-order valence-electron chi connectivity index (χ1n) is 8.86. The van der Waals surface area contributed by atoms with Crippen molar-refractivity contribution in [1.82, 2.24) is 15.3 Å². The Kier molecular flexibility index (Phi) is 6.46. The first kappa shape index (κ1) is 20.8. The van der Waals surface area contributed by atoms with E-state index in [2.05, 4.69) is 10.7 Å². The molecule has 1 aliphatic rings. The molecule has 1 unspecified atom stereocenters. The molecule has 7 nitrogen and oxygen atoms in total. The van der Waals surface area contributed by atoms with Crippen LogP contribution in [0.4, 0.5) is 5.69 Å². The molecule has 1 aliphatic heterocycles. The van der Waals surface area contributed by atoms with E-state index in [0.29, 0.717) is 10.7 Å². The molecule has 3 amide bonds. The van der Waals surface area contributed by atoms with Gasteiger partial charge in [0.25, 0.3) is 5.91 Å². The topological polar surface area (TPSA) is 81.8 Å². The number of benzene rings is 2. The smallest absolute Gasteiger partial charge is 0.254 e. The highest BCUT2D eigenvalue weighted by Gasteiger charge is 2.44. The molecule has 1 heterocycles. The van der Waals surface area contributed by atoms with Gasteiger partial charge in [-0.2, -0.15) is 0 Å². The number of carbonyl (C=O) groups is 3. The summed E-state index contributed by atoms with van der Waals surface area (Å²) in [7, 11) is 0. The molecule has 1 fully saturated rings. The van der Waals surface area contributed by atoms with Crippen molar-refractivity contribution in [2.24, 2.45) is 0 Å². The molecule has 2 aromatic rings. The molecule has 0 spiro atoms. The molecule has 0 saturated carbocycles. The van der Waals surface area contributed by atoms with E-state index in [9.17, 15) is 14.4 Å². The van der Waals surface area contributed by atoms with Crippen LogP contribution in [0.5, 0.6) is 0 Å². The fourth-order valence-corrected chi connectivity index (χ4v) is 3.41. The van der Waals surface area contributed by atoms with Gasteiger partial charge in [0.15, 0.2) is 5.11 Å². The third-order valence-corrected chi connectivity index (χ3v) is 4.94. The van der Waals surface area contributed by atoms with E-state index >= 15 is 0 Å². The Balaban J connectivity index is 1.75. The molecular weight excluding hydrogens is 412 g/mol. The van der Waals surface area contributed by atoms with Gasteiger partial charge in [0.1, 0.15) is 6.04 Å². The summed E-state index contributed by atoms with van der Waals surface area (Å²) in [6.45, 7) is 1.57. The Hall–Kier alpha value is -2.97. The van der Waals surface area contributed by atoms with Gasteiger partial charge >= 0.3 is 0 Å². The van der Waals surface area contributed by atoms with E-state index in [1.807, 2.05) is 30.3 Å². The lowest BCUT2D eigenvalue weighted by Gasteiger charge is -2.23. The number of carbonyl (C=O) groups excluding carboxylic acids is 3. The van der Waals surface area contributed by atoms with Gasteiger partial charge in [0, 0.05) is 17.6 Å². The van der Waals surface area contributed by atoms with Crippen LogP contribution in [0.15, 0.2) is 54.6 Å². The molecule has 3 rings (SSSR count). The summed E-state index contributed by atoms with van der Waals surface area (Å²) in [4.78, 5) is 38.5. The van der Waals surface area contributed by atoms with Gasteiger partial charge in [-0.25, -0.2) is 5.01 Å². The lowest BCUT2D eigenvalue weighted by Crippen LogP contribution is -2.49. The highest BCUT2D eigenvalue weighted by molar-refractivity contribution is 7.80. The third-order valence-electron chi connectivity index (χ3n) is 4.27. The van der Waals surface area contributed by atoms with E-state index in [1.165, 1.54) is 16.8 Å². The standard InChI is InChI=1S/C20H19ClN4O3S/c1-13(26)23-25-17(11-18(27)22-16-9-7-15(21)8-10-16)19(28)24(20(25)29)12-14-5-3-2-4-6-14/h2-10,17H,11-12H2,1H3,(H,22,27)(H,23,26). The van der Waals surface area contributed by atoms with Gasteiger partial charge in [-0.15, -0.1) is 0 Å². The molecule has 0 aliphatic carbocycles. The first-order chi connectivity index (χ1) is 13.8. The summed E-state index contributed by atoms with van der Waals surface area (Å²) >= 11 is 11.2. The van der Waals surface area contributed by atoms with Gasteiger partial charge in [-0.05, 0) is 42.0 Å². The van der Waals surface area contributed by atoms with Crippen molar-refractivity contribution in [1.29, 1.82) is 0 Å². The highest BCUT2D eigenvalue weighted by Crippen LogP contribution is 2.22. The van der Waals surface area contributed by atoms with Gasteiger partial charge < -0.3 is 5.32 Å². The number of amides is 3. The monoisotopic (exact) mass is 430 g/mol. The zero-order chi connectivity index (χ0) is 21.0. The lowest BCUT2D eigenvalue weighted by molar-refractivity contribution is -0.132. The Morgan fingerprint density at radius 3 is 2.38 bits per heavy atom. The van der Waals surface area contributed by atoms with Crippen molar-refractivity contribution < 1.29 is 14.4 Å². The van der Waals surface area contributed by atoms with E-state index in [0.717, 1.165) is 5.56 Å². The van der Waals surface area contributed by atoms with Crippen LogP contribution >= 0.6 is 23.8 Å². The number of thiocarbonyl (C=S) groups is 1. The van der Waals surface area contributed by atoms with Crippen molar-refractivity contribution >= 4 is 52.3 Å². The number of hydrazine groups is 1. The second-order valence-corrected chi connectivity index (χ2v) is 7.31. The number of hydrogen-bond donors (Lipinski definition) is 2. The van der Waals surface area contributed by atoms with Gasteiger partial charge in [0.05, 0.1) is 13.0 Å². The van der Waals surface area contributed by atoms with Crippen molar-refractivity contribution in [2.45, 2.75) is 25.9 Å². The van der Waals surface area contributed by atoms with E-state index in [4.69, 9.17) is 23.8 Å². The molecule has 9 heteroatoms. The van der Waals surface area contributed by atoms with E-state index in [1.54, 1.807) is 24.3 Å². The van der Waals surface area contributed by atoms with Gasteiger partial charge in [0.2, 0.25) is 11.8 Å². The van der Waals surface area contributed by atoms with Crippen LogP contribution in [0, 0.1) is 0 Å². The molecular formula is C20H19ClN4O3S. The normalized spacial score (nSPS) is 16.1. The Morgan fingerprint density at radius 2 is 1.76 bits per heavy atom. The molecule has 0 radical (unpaired) electrons. The maximum atomic E-state index is 13.0. The van der Waals surface area contributed by atoms with Crippen LogP contribution in [-0.2, 0) is 20.9 Å². The predicted octanol–water partition coefficient (Wildman–Crippen LogP) is 2.72. The maximum absolute atomic E-state index is 13.0. The summed E-state index contributed by atoms with van der Waals surface area (Å²) in [5, 5.41) is 4.70. The summed E-state index contributed by atoms with van der Waals surface area (Å²) in [5.41, 5.74) is 4.00. The number of hydrogen-bond acceptors (Lipinski definition) is 4. The molecule has 0 aromatic heterocycles. The number of anilines is 1. The van der Waals surface area contributed by atoms with Crippen LogP contribution < -0.4 is 10.7 Å². The molecule has 2 aromatic carbocycles. The zero-order valence-corrected chi connectivity index (χ0v) is 17.2. The maximum Gasteiger partial charge on any atom is 0.254 e. The van der Waals surface area contributed by atoms with Crippen LogP contribution in [0.3, 0.4) is 0 Å². The average molecular weight is 431 g/mol. The van der Waals surface area contributed by atoms with Crippen LogP contribution in [-0.4, -0.2) is 38.8 Å². The molecule has 2 N–H and O–H groups in total. The second-order valence-electron chi connectivity index (χ2n) is 6.51. The second kappa shape index (κ2) is 9.02. The fraction of sp³-hybridized carbons (Fsp3) is 0.200. The van der Waals surface area contributed by atoms with E-state index < -0.39 is 6.04 Å². The summed E-state index contributed by atoms with van der Waals surface area (Å²) in [5.74, 6) is -1.12. The molecule has 150 valence electrons.